The van der Waals surface area contributed by atoms with Crippen LogP contribution in [0.1, 0.15) is 30.4 Å². The third-order valence-corrected chi connectivity index (χ3v) is 9.30. The summed E-state index contributed by atoms with van der Waals surface area (Å²) in [6.45, 7) is 1.83. The number of H-pyrrole nitrogens is 1. The van der Waals surface area contributed by atoms with Gasteiger partial charge in [-0.05, 0) is 67.0 Å². The zero-order valence-electron chi connectivity index (χ0n) is 23.2. The molecule has 2 aromatic carbocycles. The summed E-state index contributed by atoms with van der Waals surface area (Å²) in [5.41, 5.74) is 9.88. The molecule has 0 radical (unpaired) electrons. The van der Waals surface area contributed by atoms with Crippen molar-refractivity contribution >= 4 is 11.0 Å². The predicted molar refractivity (Wildman–Crippen MR) is 160 cm³/mol. The van der Waals surface area contributed by atoms with E-state index in [1.807, 2.05) is 18.3 Å². The molecule has 3 aromatic heterocycles. The molecule has 1 aliphatic carbocycles. The third kappa shape index (κ3) is 4.31. The number of hydrogen-bond donors (Lipinski definition) is 1. The fourth-order valence-electron chi connectivity index (χ4n) is 7.17. The van der Waals surface area contributed by atoms with Gasteiger partial charge >= 0.3 is 0 Å². The van der Waals surface area contributed by atoms with Crippen molar-refractivity contribution in [2.75, 3.05) is 20.3 Å². The Bertz CT molecular complexity index is 1720. The van der Waals surface area contributed by atoms with Crippen molar-refractivity contribution in [3.63, 3.8) is 0 Å². The van der Waals surface area contributed by atoms with E-state index in [1.165, 1.54) is 36.0 Å². The van der Waals surface area contributed by atoms with Crippen molar-refractivity contribution in [1.82, 2.24) is 25.1 Å². The smallest absolute Gasteiger partial charge is 0.155 e. The average molecular weight is 544 g/mol. The summed E-state index contributed by atoms with van der Waals surface area (Å²) in [6.07, 6.45) is 9.83. The number of nitrogens with zero attached hydrogens (tertiary/aromatic N) is 4. The van der Waals surface area contributed by atoms with E-state index in [0.717, 1.165) is 70.9 Å². The third-order valence-electron chi connectivity index (χ3n) is 9.30. The average Bonchev–Trinajstić information content (AvgIpc) is 3.35. The van der Waals surface area contributed by atoms with Gasteiger partial charge in [-0.15, -0.1) is 0 Å². The van der Waals surface area contributed by atoms with Gasteiger partial charge < -0.3 is 9.47 Å². The van der Waals surface area contributed by atoms with E-state index in [0.29, 0.717) is 18.1 Å². The molecule has 2 saturated heterocycles. The van der Waals surface area contributed by atoms with Crippen LogP contribution in [0.5, 0.6) is 5.75 Å². The van der Waals surface area contributed by atoms with Gasteiger partial charge in [0.15, 0.2) is 5.65 Å². The van der Waals surface area contributed by atoms with Gasteiger partial charge in [-0.25, -0.2) is 4.98 Å². The highest BCUT2D eigenvalue weighted by Crippen LogP contribution is 2.38. The summed E-state index contributed by atoms with van der Waals surface area (Å²) in [6, 6.07) is 23.3. The molecule has 5 heterocycles. The number of ether oxygens (including phenoxy) is 2. The molecule has 8 rings (SSSR count). The van der Waals surface area contributed by atoms with E-state index < -0.39 is 0 Å². The second-order valence-corrected chi connectivity index (χ2v) is 11.6. The first-order valence-electron chi connectivity index (χ1n) is 14.7. The van der Waals surface area contributed by atoms with Crippen LogP contribution in [0.15, 0.2) is 73.1 Å². The number of rotatable bonds is 5. The molecule has 3 atom stereocenters. The van der Waals surface area contributed by atoms with Crippen LogP contribution < -0.4 is 4.74 Å². The van der Waals surface area contributed by atoms with Crippen molar-refractivity contribution in [3.8, 4) is 39.4 Å². The van der Waals surface area contributed by atoms with Gasteiger partial charge in [0, 0.05) is 52.6 Å². The first kappa shape index (κ1) is 24.7. The van der Waals surface area contributed by atoms with Crippen molar-refractivity contribution in [3.05, 3.63) is 84.2 Å². The SMILES string of the molecule is COc1cccnc1-c1ccc(-c2n[nH]c3ncc(-c4ccc5c(c4)CC[C@@H](N4C6COCC4C6)CC5)cc23)cc1. The number of benzene rings is 2. The maximum absolute atomic E-state index is 5.74. The van der Waals surface area contributed by atoms with Gasteiger partial charge in [0.2, 0.25) is 0 Å². The highest BCUT2D eigenvalue weighted by Gasteiger charge is 2.45. The minimum absolute atomic E-state index is 0.645. The van der Waals surface area contributed by atoms with E-state index in [9.17, 15) is 0 Å². The lowest BCUT2D eigenvalue weighted by Crippen LogP contribution is -2.66. The minimum atomic E-state index is 0.645. The molecule has 2 bridgehead atoms. The Hall–Kier alpha value is -4.07. The van der Waals surface area contributed by atoms with Crippen LogP contribution in [0.3, 0.4) is 0 Å². The molecule has 7 nitrogen and oxygen atoms in total. The summed E-state index contributed by atoms with van der Waals surface area (Å²) >= 11 is 0. The molecule has 0 spiro atoms. The lowest BCUT2D eigenvalue weighted by atomic mass is 9.87. The van der Waals surface area contributed by atoms with E-state index in [-0.39, 0.29) is 0 Å². The van der Waals surface area contributed by atoms with Crippen molar-refractivity contribution in [2.24, 2.45) is 0 Å². The summed E-state index contributed by atoms with van der Waals surface area (Å²) in [5, 5.41) is 8.78. The van der Waals surface area contributed by atoms with Crippen LogP contribution in [-0.2, 0) is 17.6 Å². The highest BCUT2D eigenvalue weighted by atomic mass is 16.5. The van der Waals surface area contributed by atoms with Crippen LogP contribution in [-0.4, -0.2) is 63.5 Å². The summed E-state index contributed by atoms with van der Waals surface area (Å²) in [4.78, 5) is 12.0. The number of aryl methyl sites for hydroxylation is 2. The number of fused-ring (bicyclic) bond motifs is 4. The Morgan fingerprint density at radius 2 is 1.56 bits per heavy atom. The lowest BCUT2D eigenvalue weighted by Gasteiger charge is -2.56. The van der Waals surface area contributed by atoms with Crippen molar-refractivity contribution in [2.45, 2.75) is 50.2 Å². The number of aromatic amines is 1. The van der Waals surface area contributed by atoms with Crippen molar-refractivity contribution in [1.29, 1.82) is 0 Å². The molecule has 41 heavy (non-hydrogen) atoms. The maximum atomic E-state index is 5.74. The molecule has 3 aliphatic rings. The molecule has 1 N–H and O–H groups in total. The Balaban J connectivity index is 1.06. The predicted octanol–water partition coefficient (Wildman–Crippen LogP) is 6.08. The summed E-state index contributed by atoms with van der Waals surface area (Å²) in [7, 11) is 1.67. The van der Waals surface area contributed by atoms with E-state index in [4.69, 9.17) is 14.5 Å². The summed E-state index contributed by atoms with van der Waals surface area (Å²) in [5.74, 6) is 0.758. The van der Waals surface area contributed by atoms with Crippen LogP contribution in [0.25, 0.3) is 44.7 Å². The van der Waals surface area contributed by atoms with E-state index in [1.54, 1.807) is 13.3 Å². The lowest BCUT2D eigenvalue weighted by molar-refractivity contribution is -0.148. The fraction of sp³-hybridized carbons (Fsp3) is 0.324. The standard InChI is InChI=1S/C34H33N5O2/c1-40-31-3-2-14-35-33(31)23-7-5-22(6-8-23)32-30-16-26(18-36-34(30)38-37-32)25-9-4-21-10-12-27(13-11-24(21)15-25)39-28-17-29(39)20-41-19-28/h2-9,14-16,18,27-29H,10-13,17,19-20H2,1H3,(H,36,37,38)/t27-,28?,29?/m0/s1. The number of nitrogens with one attached hydrogen (secondary N) is 1. The molecular formula is C34H33N5O2. The van der Waals surface area contributed by atoms with E-state index in [2.05, 4.69) is 68.6 Å². The Kier molecular flexibility index (Phi) is 6.08. The van der Waals surface area contributed by atoms with Gasteiger partial charge in [-0.2, -0.15) is 5.10 Å². The largest absolute Gasteiger partial charge is 0.494 e. The Labute approximate surface area is 239 Å². The van der Waals surface area contributed by atoms with Crippen LogP contribution in [0, 0.1) is 0 Å². The second kappa shape index (κ2) is 10.1. The zero-order valence-corrected chi connectivity index (χ0v) is 23.2. The molecule has 0 amide bonds. The fourth-order valence-corrected chi connectivity index (χ4v) is 7.17. The molecule has 2 fully saturated rings. The molecule has 206 valence electrons. The van der Waals surface area contributed by atoms with E-state index >= 15 is 0 Å². The van der Waals surface area contributed by atoms with Crippen molar-refractivity contribution < 1.29 is 9.47 Å². The highest BCUT2D eigenvalue weighted by molar-refractivity contribution is 5.93. The monoisotopic (exact) mass is 543 g/mol. The molecule has 7 heteroatoms. The quantitative estimate of drug-likeness (QED) is 0.271. The van der Waals surface area contributed by atoms with Gasteiger partial charge in [0.05, 0.1) is 20.3 Å². The topological polar surface area (TPSA) is 76.2 Å². The summed E-state index contributed by atoms with van der Waals surface area (Å²) < 4.78 is 11.2. The number of morpholine rings is 1. The first-order chi connectivity index (χ1) is 20.2. The van der Waals surface area contributed by atoms with Gasteiger partial charge in [-0.3, -0.25) is 15.0 Å². The van der Waals surface area contributed by atoms with Gasteiger partial charge in [-0.1, -0.05) is 42.5 Å². The zero-order chi connectivity index (χ0) is 27.3. The van der Waals surface area contributed by atoms with Crippen LogP contribution in [0.4, 0.5) is 0 Å². The Morgan fingerprint density at radius 1 is 0.805 bits per heavy atom. The molecular weight excluding hydrogens is 510 g/mol. The first-order valence-corrected chi connectivity index (χ1v) is 14.7. The normalized spacial score (nSPS) is 22.1. The number of methoxy groups -OCH3 is 1. The number of aromatic nitrogens is 4. The molecule has 5 aromatic rings. The maximum Gasteiger partial charge on any atom is 0.155 e. The number of pyridine rings is 2. The molecule has 2 aliphatic heterocycles. The molecule has 0 saturated carbocycles. The number of hydrogen-bond acceptors (Lipinski definition) is 6. The van der Waals surface area contributed by atoms with Crippen LogP contribution in [0.2, 0.25) is 0 Å². The molecule has 2 unspecified atom stereocenters. The Morgan fingerprint density at radius 3 is 2.34 bits per heavy atom. The van der Waals surface area contributed by atoms with Gasteiger partial charge in [0.1, 0.15) is 17.1 Å². The van der Waals surface area contributed by atoms with Crippen LogP contribution >= 0.6 is 0 Å². The second-order valence-electron chi connectivity index (χ2n) is 11.6. The van der Waals surface area contributed by atoms with Gasteiger partial charge in [0.25, 0.3) is 0 Å². The minimum Gasteiger partial charge on any atom is -0.494 e.